The van der Waals surface area contributed by atoms with Crippen LogP contribution in [-0.4, -0.2) is 21.3 Å². The summed E-state index contributed by atoms with van der Waals surface area (Å²) in [5.74, 6) is 1.76. The molecule has 4 nitrogen and oxygen atoms in total. The minimum atomic E-state index is 0.372. The van der Waals surface area contributed by atoms with Crippen LogP contribution in [-0.2, 0) is 0 Å². The average Bonchev–Trinajstić information content (AvgIpc) is 2.37. The molecule has 0 unspecified atom stereocenters. The predicted molar refractivity (Wildman–Crippen MR) is 65.4 cm³/mol. The van der Waals surface area contributed by atoms with Crippen molar-refractivity contribution in [2.75, 3.05) is 21.3 Å². The summed E-state index contributed by atoms with van der Waals surface area (Å²) in [6, 6.07) is 5.70. The Labute approximate surface area is 101 Å². The van der Waals surface area contributed by atoms with Gasteiger partial charge < -0.3 is 14.2 Å². The first-order valence-corrected chi connectivity index (χ1v) is 5.10. The largest absolute Gasteiger partial charge is 0.493 e. The van der Waals surface area contributed by atoms with Gasteiger partial charge in [0.25, 0.3) is 0 Å². The monoisotopic (exact) mass is 233 g/mol. The average molecular weight is 233 g/mol. The van der Waals surface area contributed by atoms with Crippen molar-refractivity contribution >= 4 is 6.08 Å². The molecule has 1 rings (SSSR count). The molecule has 0 radical (unpaired) electrons. The third-order valence-electron chi connectivity index (χ3n) is 2.21. The molecule has 0 fully saturated rings. The number of allylic oxidation sites excluding steroid dienone is 1. The molecule has 1 aromatic carbocycles. The number of methoxy groups -OCH3 is 3. The maximum absolute atomic E-state index is 8.46. The first-order chi connectivity index (χ1) is 8.26. The molecule has 0 amide bonds. The summed E-state index contributed by atoms with van der Waals surface area (Å²) in [5, 5.41) is 8.46. The molecule has 0 bridgehead atoms. The summed E-state index contributed by atoms with van der Waals surface area (Å²) in [4.78, 5) is 0. The second-order valence-corrected chi connectivity index (χ2v) is 3.22. The van der Waals surface area contributed by atoms with E-state index in [-0.39, 0.29) is 0 Å². The molecule has 0 aliphatic rings. The number of nitrogens with zero attached hydrogens (tertiary/aromatic N) is 1. The summed E-state index contributed by atoms with van der Waals surface area (Å²) in [5.41, 5.74) is 0.898. The van der Waals surface area contributed by atoms with Gasteiger partial charge in [0.1, 0.15) is 0 Å². The molecule has 0 atom stereocenters. The van der Waals surface area contributed by atoms with Crippen molar-refractivity contribution in [2.45, 2.75) is 6.42 Å². The van der Waals surface area contributed by atoms with E-state index in [0.29, 0.717) is 23.7 Å². The minimum absolute atomic E-state index is 0.372. The first kappa shape index (κ1) is 12.9. The fourth-order valence-electron chi connectivity index (χ4n) is 1.45. The van der Waals surface area contributed by atoms with Crippen molar-refractivity contribution in [3.8, 4) is 23.3 Å². The van der Waals surface area contributed by atoms with Gasteiger partial charge in [-0.15, -0.1) is 0 Å². The van der Waals surface area contributed by atoms with Gasteiger partial charge in [-0.1, -0.05) is 12.2 Å². The topological polar surface area (TPSA) is 51.5 Å². The molecular weight excluding hydrogens is 218 g/mol. The predicted octanol–water partition coefficient (Wildman–Crippen LogP) is 2.64. The second kappa shape index (κ2) is 6.44. The number of nitriles is 1. The number of hydrogen-bond acceptors (Lipinski definition) is 4. The van der Waals surface area contributed by atoms with Crippen molar-refractivity contribution in [1.82, 2.24) is 0 Å². The molecular formula is C13H15NO3. The molecule has 0 aliphatic carbocycles. The molecule has 0 aromatic heterocycles. The van der Waals surface area contributed by atoms with Crippen LogP contribution >= 0.6 is 0 Å². The van der Waals surface area contributed by atoms with Gasteiger partial charge in [-0.25, -0.2) is 0 Å². The smallest absolute Gasteiger partial charge is 0.203 e. The van der Waals surface area contributed by atoms with Gasteiger partial charge in [0.05, 0.1) is 33.8 Å². The fraction of sp³-hybridized carbons (Fsp3) is 0.308. The maximum atomic E-state index is 8.46. The van der Waals surface area contributed by atoms with Gasteiger partial charge in [-0.05, 0) is 17.7 Å². The molecule has 0 saturated carbocycles. The highest BCUT2D eigenvalue weighted by molar-refractivity contribution is 5.62. The van der Waals surface area contributed by atoms with Crippen LogP contribution in [0.15, 0.2) is 18.2 Å². The van der Waals surface area contributed by atoms with E-state index in [0.717, 1.165) is 5.56 Å². The quantitative estimate of drug-likeness (QED) is 0.784. The zero-order valence-electron chi connectivity index (χ0n) is 10.2. The van der Waals surface area contributed by atoms with E-state index >= 15 is 0 Å². The Morgan fingerprint density at radius 1 is 1.12 bits per heavy atom. The molecule has 0 aliphatic heterocycles. The summed E-state index contributed by atoms with van der Waals surface area (Å²) >= 11 is 0. The van der Waals surface area contributed by atoms with E-state index in [2.05, 4.69) is 0 Å². The molecule has 1 aromatic rings. The van der Waals surface area contributed by atoms with Crippen molar-refractivity contribution in [3.63, 3.8) is 0 Å². The molecule has 0 N–H and O–H groups in total. The summed E-state index contributed by atoms with van der Waals surface area (Å²) < 4.78 is 15.7. The number of rotatable bonds is 5. The minimum Gasteiger partial charge on any atom is -0.493 e. The number of benzene rings is 1. The highest BCUT2D eigenvalue weighted by Gasteiger charge is 2.11. The van der Waals surface area contributed by atoms with Gasteiger partial charge in [0, 0.05) is 0 Å². The van der Waals surface area contributed by atoms with E-state index in [1.165, 1.54) is 0 Å². The molecule has 4 heteroatoms. The van der Waals surface area contributed by atoms with Gasteiger partial charge in [0.2, 0.25) is 5.75 Å². The van der Waals surface area contributed by atoms with Crippen molar-refractivity contribution < 1.29 is 14.2 Å². The number of hydrogen-bond donors (Lipinski definition) is 0. The Morgan fingerprint density at radius 3 is 2.12 bits per heavy atom. The lowest BCUT2D eigenvalue weighted by Gasteiger charge is -2.12. The van der Waals surface area contributed by atoms with E-state index in [1.807, 2.05) is 24.3 Å². The Hall–Kier alpha value is -2.15. The van der Waals surface area contributed by atoms with Gasteiger partial charge >= 0.3 is 0 Å². The van der Waals surface area contributed by atoms with Crippen LogP contribution in [0.25, 0.3) is 6.08 Å². The van der Waals surface area contributed by atoms with Crippen LogP contribution in [0.4, 0.5) is 0 Å². The SMILES string of the molecule is COc1cc(C=CCC#N)cc(OC)c1OC. The van der Waals surface area contributed by atoms with Gasteiger partial charge in [-0.2, -0.15) is 5.26 Å². The number of ether oxygens (including phenoxy) is 3. The molecule has 0 heterocycles. The Morgan fingerprint density at radius 2 is 1.71 bits per heavy atom. The lowest BCUT2D eigenvalue weighted by Crippen LogP contribution is -1.95. The highest BCUT2D eigenvalue weighted by Crippen LogP contribution is 2.38. The lowest BCUT2D eigenvalue weighted by atomic mass is 10.1. The zero-order valence-corrected chi connectivity index (χ0v) is 10.2. The maximum Gasteiger partial charge on any atom is 0.203 e. The van der Waals surface area contributed by atoms with Crippen LogP contribution in [0, 0.1) is 11.3 Å². The van der Waals surface area contributed by atoms with E-state index in [1.54, 1.807) is 27.4 Å². The van der Waals surface area contributed by atoms with Crippen LogP contribution in [0.5, 0.6) is 17.2 Å². The van der Waals surface area contributed by atoms with Crippen LogP contribution in [0.1, 0.15) is 12.0 Å². The van der Waals surface area contributed by atoms with Crippen LogP contribution in [0.3, 0.4) is 0 Å². The van der Waals surface area contributed by atoms with Crippen LogP contribution < -0.4 is 14.2 Å². The third-order valence-corrected chi connectivity index (χ3v) is 2.21. The Bertz CT molecular complexity index is 421. The van der Waals surface area contributed by atoms with Crippen LogP contribution in [0.2, 0.25) is 0 Å². The van der Waals surface area contributed by atoms with Crippen molar-refractivity contribution in [1.29, 1.82) is 5.26 Å². The van der Waals surface area contributed by atoms with Crippen molar-refractivity contribution in [3.05, 3.63) is 23.8 Å². The molecule has 90 valence electrons. The van der Waals surface area contributed by atoms with Gasteiger partial charge in [0.15, 0.2) is 11.5 Å². The Kier molecular flexibility index (Phi) is 4.89. The fourth-order valence-corrected chi connectivity index (χ4v) is 1.45. The first-order valence-electron chi connectivity index (χ1n) is 5.10. The zero-order chi connectivity index (χ0) is 12.7. The molecule has 0 spiro atoms. The standard InChI is InChI=1S/C13H15NO3/c1-15-11-8-10(6-4-5-7-14)9-12(16-2)13(11)17-3/h4,6,8-9H,5H2,1-3H3. The van der Waals surface area contributed by atoms with E-state index in [9.17, 15) is 0 Å². The summed E-state index contributed by atoms with van der Waals surface area (Å²) in [6.07, 6.45) is 3.99. The Balaban J connectivity index is 3.14. The van der Waals surface area contributed by atoms with Crippen molar-refractivity contribution in [2.24, 2.45) is 0 Å². The normalized spacial score (nSPS) is 10.0. The van der Waals surface area contributed by atoms with Gasteiger partial charge in [-0.3, -0.25) is 0 Å². The molecule has 17 heavy (non-hydrogen) atoms. The second-order valence-electron chi connectivity index (χ2n) is 3.22. The summed E-state index contributed by atoms with van der Waals surface area (Å²) in [6.45, 7) is 0. The lowest BCUT2D eigenvalue weighted by molar-refractivity contribution is 0.324. The highest BCUT2D eigenvalue weighted by atomic mass is 16.5. The summed E-state index contributed by atoms with van der Waals surface area (Å²) in [7, 11) is 4.70. The van der Waals surface area contributed by atoms with E-state index in [4.69, 9.17) is 19.5 Å². The van der Waals surface area contributed by atoms with E-state index < -0.39 is 0 Å². The third kappa shape index (κ3) is 3.15. The molecule has 0 saturated heterocycles.